The van der Waals surface area contributed by atoms with E-state index in [2.05, 4.69) is 10.0 Å². The number of azide groups is 1. The van der Waals surface area contributed by atoms with Crippen molar-refractivity contribution in [2.45, 2.75) is 65.2 Å². The minimum absolute atomic E-state index is 0.0811. The minimum Gasteiger partial charge on any atom is -0.493 e. The molecule has 1 heterocycles. The van der Waals surface area contributed by atoms with E-state index in [0.29, 0.717) is 43.1 Å². The van der Waals surface area contributed by atoms with Gasteiger partial charge in [-0.2, -0.15) is 0 Å². The van der Waals surface area contributed by atoms with Gasteiger partial charge in [-0.3, -0.25) is 4.79 Å². The van der Waals surface area contributed by atoms with Crippen molar-refractivity contribution in [3.8, 4) is 11.5 Å². The fourth-order valence-corrected chi connectivity index (χ4v) is 4.42. The Bertz CT molecular complexity index is 840. The van der Waals surface area contributed by atoms with Gasteiger partial charge in [0.2, 0.25) is 0 Å². The van der Waals surface area contributed by atoms with Crippen molar-refractivity contribution in [1.29, 1.82) is 0 Å². The molecule has 1 aromatic carbocycles. The summed E-state index contributed by atoms with van der Waals surface area (Å²) in [6.07, 6.45) is 0.318. The molecule has 0 aromatic heterocycles. The van der Waals surface area contributed by atoms with E-state index in [0.717, 1.165) is 6.42 Å². The fourth-order valence-electron chi connectivity index (χ4n) is 4.42. The number of nitrogens with zero attached hydrogens (tertiary/aromatic N) is 3. The molecule has 0 radical (unpaired) electrons. The molecule has 9 nitrogen and oxygen atoms in total. The van der Waals surface area contributed by atoms with Gasteiger partial charge in [0.15, 0.2) is 11.5 Å². The maximum atomic E-state index is 12.3. The van der Waals surface area contributed by atoms with Crippen molar-refractivity contribution in [3.05, 3.63) is 34.2 Å². The molecule has 1 unspecified atom stereocenters. The van der Waals surface area contributed by atoms with E-state index in [9.17, 15) is 15.4 Å². The van der Waals surface area contributed by atoms with Crippen LogP contribution in [0.25, 0.3) is 10.4 Å². The van der Waals surface area contributed by atoms with Crippen LogP contribution in [0, 0.1) is 23.7 Å². The van der Waals surface area contributed by atoms with E-state index >= 15 is 0 Å². The summed E-state index contributed by atoms with van der Waals surface area (Å²) in [6, 6.07) is 4.83. The van der Waals surface area contributed by atoms with Crippen LogP contribution in [0.15, 0.2) is 23.3 Å². The normalized spacial score (nSPS) is 20.6. The lowest BCUT2D eigenvalue weighted by Gasteiger charge is -2.31. The molecule has 0 saturated carbocycles. The molecule has 1 fully saturated rings. The summed E-state index contributed by atoms with van der Waals surface area (Å²) in [5, 5.41) is 15.3. The Morgan fingerprint density at radius 1 is 1.21 bits per heavy atom. The lowest BCUT2D eigenvalue weighted by Crippen LogP contribution is -2.31. The molecule has 0 amide bonds. The third-order valence-electron chi connectivity index (χ3n) is 6.55. The molecule has 2 rings (SSSR count). The molecule has 1 N–H and O–H groups in total. The number of hydrogen-bond donors (Lipinski definition) is 1. The first-order chi connectivity index (χ1) is 16.2. The molecule has 190 valence electrons. The quantitative estimate of drug-likeness (QED) is 0.131. The first kappa shape index (κ1) is 27.8. The van der Waals surface area contributed by atoms with Crippen molar-refractivity contribution < 1.29 is 28.8 Å². The summed E-state index contributed by atoms with van der Waals surface area (Å²) >= 11 is 0. The SMILES string of the molecule is COCCCOc1cc(C(O)[C@@H](C[C@H](N=[N+]=[N-])[C@@H]2C[C@@H](C(C)C)C(=O)O2)C(C)C)ccc1OC. The van der Waals surface area contributed by atoms with Crippen LogP contribution < -0.4 is 9.47 Å². The predicted octanol–water partition coefficient (Wildman–Crippen LogP) is 5.07. The maximum Gasteiger partial charge on any atom is 0.309 e. The Hall–Kier alpha value is -2.48. The van der Waals surface area contributed by atoms with Crippen LogP contribution in [0.3, 0.4) is 0 Å². The lowest BCUT2D eigenvalue weighted by atomic mass is 9.80. The molecule has 0 bridgehead atoms. The van der Waals surface area contributed by atoms with Gasteiger partial charge in [-0.05, 0) is 53.8 Å². The van der Waals surface area contributed by atoms with E-state index in [4.69, 9.17) is 18.9 Å². The topological polar surface area (TPSA) is 123 Å². The van der Waals surface area contributed by atoms with Crippen LogP contribution >= 0.6 is 0 Å². The van der Waals surface area contributed by atoms with Crippen LogP contribution in [-0.2, 0) is 14.3 Å². The van der Waals surface area contributed by atoms with E-state index in [-0.39, 0.29) is 29.6 Å². The number of carbonyl (C=O) groups excluding carboxylic acids is 1. The molecule has 1 saturated heterocycles. The number of ether oxygens (including phenoxy) is 4. The van der Waals surface area contributed by atoms with Gasteiger partial charge in [-0.15, -0.1) is 0 Å². The highest BCUT2D eigenvalue weighted by Gasteiger charge is 2.41. The predicted molar refractivity (Wildman–Crippen MR) is 129 cm³/mol. The molecule has 0 spiro atoms. The summed E-state index contributed by atoms with van der Waals surface area (Å²) < 4.78 is 21.9. The monoisotopic (exact) mass is 477 g/mol. The second-order valence-electron chi connectivity index (χ2n) is 9.53. The zero-order chi connectivity index (χ0) is 25.3. The molecule has 1 aliphatic rings. The van der Waals surface area contributed by atoms with Crippen LogP contribution in [-0.4, -0.2) is 50.7 Å². The molecule has 34 heavy (non-hydrogen) atoms. The average molecular weight is 478 g/mol. The Morgan fingerprint density at radius 3 is 2.50 bits per heavy atom. The number of aliphatic hydroxyl groups is 1. The summed E-state index contributed by atoms with van der Waals surface area (Å²) in [7, 11) is 3.21. The zero-order valence-corrected chi connectivity index (χ0v) is 21.1. The smallest absolute Gasteiger partial charge is 0.309 e. The molecule has 9 heteroatoms. The van der Waals surface area contributed by atoms with Crippen molar-refractivity contribution in [2.24, 2.45) is 28.8 Å². The van der Waals surface area contributed by atoms with Crippen LogP contribution in [0.4, 0.5) is 0 Å². The highest BCUT2D eigenvalue weighted by atomic mass is 16.6. The standard InChI is InChI=1S/C25H39N3O6/c1-15(2)18(13-20(27-28-26)22-14-19(16(3)4)25(30)34-22)24(29)17-8-9-21(32-6)23(12-17)33-11-7-10-31-5/h8-9,12,15-16,18-20,22,24,29H,7,10-11,13-14H2,1-6H3/t18-,19-,20-,22-,24?/m0/s1. The van der Waals surface area contributed by atoms with Crippen molar-refractivity contribution in [3.63, 3.8) is 0 Å². The molecule has 1 aromatic rings. The molecule has 0 aliphatic carbocycles. The third-order valence-corrected chi connectivity index (χ3v) is 6.55. The summed E-state index contributed by atoms with van der Waals surface area (Å²) in [5.41, 5.74) is 9.86. The third kappa shape index (κ3) is 7.26. The number of benzene rings is 1. The van der Waals surface area contributed by atoms with Crippen molar-refractivity contribution in [1.82, 2.24) is 0 Å². The van der Waals surface area contributed by atoms with E-state index < -0.39 is 18.2 Å². The number of aliphatic hydroxyl groups excluding tert-OH is 1. The minimum atomic E-state index is -0.832. The molecule has 1 aliphatic heterocycles. The molecule has 5 atom stereocenters. The van der Waals surface area contributed by atoms with Gasteiger partial charge < -0.3 is 24.1 Å². The highest BCUT2D eigenvalue weighted by Crippen LogP contribution is 2.39. The summed E-state index contributed by atoms with van der Waals surface area (Å²) in [4.78, 5) is 15.3. The first-order valence-corrected chi connectivity index (χ1v) is 12.0. The Morgan fingerprint density at radius 2 is 1.94 bits per heavy atom. The van der Waals surface area contributed by atoms with Crippen molar-refractivity contribution >= 4 is 5.97 Å². The second kappa shape index (κ2) is 13.4. The van der Waals surface area contributed by atoms with E-state index in [1.807, 2.05) is 33.8 Å². The Kier molecular flexibility index (Phi) is 11.0. The van der Waals surface area contributed by atoms with Gasteiger partial charge in [0.05, 0.1) is 31.8 Å². The van der Waals surface area contributed by atoms with Gasteiger partial charge in [0.25, 0.3) is 0 Å². The van der Waals surface area contributed by atoms with Gasteiger partial charge in [0, 0.05) is 25.0 Å². The maximum absolute atomic E-state index is 12.3. The average Bonchev–Trinajstić information content (AvgIpc) is 3.20. The highest BCUT2D eigenvalue weighted by molar-refractivity contribution is 5.75. The Labute approximate surface area is 202 Å². The zero-order valence-electron chi connectivity index (χ0n) is 21.1. The van der Waals surface area contributed by atoms with Gasteiger partial charge in [-0.25, -0.2) is 0 Å². The number of methoxy groups -OCH3 is 2. The van der Waals surface area contributed by atoms with Gasteiger partial charge in [-0.1, -0.05) is 38.9 Å². The van der Waals surface area contributed by atoms with Gasteiger partial charge in [0.1, 0.15) is 6.10 Å². The van der Waals surface area contributed by atoms with Crippen molar-refractivity contribution in [2.75, 3.05) is 27.4 Å². The number of rotatable bonds is 14. The van der Waals surface area contributed by atoms with E-state index in [1.54, 1.807) is 26.4 Å². The summed E-state index contributed by atoms with van der Waals surface area (Å²) in [6.45, 7) is 9.05. The number of cyclic esters (lactones) is 1. The van der Waals surface area contributed by atoms with E-state index in [1.165, 1.54) is 0 Å². The summed E-state index contributed by atoms with van der Waals surface area (Å²) in [5.74, 6) is 0.679. The van der Waals surface area contributed by atoms with Crippen LogP contribution in [0.1, 0.15) is 58.6 Å². The van der Waals surface area contributed by atoms with Crippen LogP contribution in [0.2, 0.25) is 0 Å². The lowest BCUT2D eigenvalue weighted by molar-refractivity contribution is -0.146. The number of esters is 1. The molecular weight excluding hydrogens is 438 g/mol. The first-order valence-electron chi connectivity index (χ1n) is 12.0. The fraction of sp³-hybridized carbons (Fsp3) is 0.720. The molecular formula is C25H39N3O6. The largest absolute Gasteiger partial charge is 0.493 e. The second-order valence-corrected chi connectivity index (χ2v) is 9.53. The van der Waals surface area contributed by atoms with Gasteiger partial charge >= 0.3 is 5.97 Å². The van der Waals surface area contributed by atoms with Crippen LogP contribution in [0.5, 0.6) is 11.5 Å². The number of hydrogen-bond acceptors (Lipinski definition) is 7. The Balaban J connectivity index is 2.22. The number of carbonyl (C=O) groups is 1.